The Morgan fingerprint density at radius 3 is 2.34 bits per heavy atom. The molecule has 2 aromatic carbocycles. The molecule has 2 heterocycles. The van der Waals surface area contributed by atoms with E-state index in [-0.39, 0.29) is 11.8 Å². The summed E-state index contributed by atoms with van der Waals surface area (Å²) >= 11 is 0. The lowest BCUT2D eigenvalue weighted by Gasteiger charge is -2.17. The van der Waals surface area contributed by atoms with Gasteiger partial charge in [0.15, 0.2) is 0 Å². The first kappa shape index (κ1) is 18.9. The molecule has 1 aliphatic rings. The predicted octanol–water partition coefficient (Wildman–Crippen LogP) is 2.19. The van der Waals surface area contributed by atoms with Crippen molar-refractivity contribution >= 4 is 5.91 Å². The Bertz CT molecular complexity index is 1140. The second-order valence-electron chi connectivity index (χ2n) is 7.24. The molecule has 7 heteroatoms. The topological polar surface area (TPSA) is 64.3 Å². The van der Waals surface area contributed by atoms with E-state index in [4.69, 9.17) is 0 Å². The highest BCUT2D eigenvalue weighted by molar-refractivity contribution is 5.78. The van der Waals surface area contributed by atoms with Gasteiger partial charge in [-0.25, -0.2) is 4.39 Å². The molecule has 1 fully saturated rings. The van der Waals surface area contributed by atoms with Crippen LogP contribution in [0.3, 0.4) is 0 Å². The molecule has 0 aliphatic carbocycles. The maximum atomic E-state index is 13.1. The van der Waals surface area contributed by atoms with E-state index in [0.29, 0.717) is 31.7 Å². The van der Waals surface area contributed by atoms with Crippen molar-refractivity contribution in [1.29, 1.82) is 0 Å². The standard InChI is InChI=1S/C22H20FN3O3/c23-18-6-8-19(9-7-18)26-11-10-24(21(28)22(26)29)14-17-12-20(27)25(15-17)13-16-4-2-1-3-5-16/h1-11,17H,12-15H2. The summed E-state index contributed by atoms with van der Waals surface area (Å²) in [5.74, 6) is -0.405. The summed E-state index contributed by atoms with van der Waals surface area (Å²) in [7, 11) is 0. The lowest BCUT2D eigenvalue weighted by molar-refractivity contribution is -0.128. The SMILES string of the molecule is O=C1CC(Cn2ccn(-c3ccc(F)cc3)c(=O)c2=O)CN1Cc1ccccc1. The zero-order valence-electron chi connectivity index (χ0n) is 15.7. The van der Waals surface area contributed by atoms with Crippen LogP contribution < -0.4 is 11.1 Å². The van der Waals surface area contributed by atoms with Crippen LogP contribution in [0.1, 0.15) is 12.0 Å². The van der Waals surface area contributed by atoms with Gasteiger partial charge in [0, 0.05) is 50.1 Å². The number of aromatic nitrogens is 2. The molecule has 1 aromatic heterocycles. The van der Waals surface area contributed by atoms with Gasteiger partial charge in [-0.05, 0) is 29.8 Å². The Labute approximate surface area is 166 Å². The largest absolute Gasteiger partial charge is 0.338 e. The molecule has 1 atom stereocenters. The Hall–Kier alpha value is -3.48. The summed E-state index contributed by atoms with van der Waals surface area (Å²) in [6, 6.07) is 15.1. The Kier molecular flexibility index (Phi) is 5.12. The molecule has 1 aliphatic heterocycles. The fraction of sp³-hybridized carbons (Fsp3) is 0.227. The van der Waals surface area contributed by atoms with Crippen LogP contribution in [0.5, 0.6) is 0 Å². The molecule has 6 nitrogen and oxygen atoms in total. The highest BCUT2D eigenvalue weighted by Crippen LogP contribution is 2.21. The molecule has 1 saturated heterocycles. The number of carbonyl (C=O) groups is 1. The molecule has 29 heavy (non-hydrogen) atoms. The molecule has 4 rings (SSSR count). The van der Waals surface area contributed by atoms with Crippen molar-refractivity contribution in [3.63, 3.8) is 0 Å². The number of amides is 1. The highest BCUT2D eigenvalue weighted by Gasteiger charge is 2.30. The van der Waals surface area contributed by atoms with E-state index in [1.54, 1.807) is 4.90 Å². The third-order valence-electron chi connectivity index (χ3n) is 5.13. The van der Waals surface area contributed by atoms with E-state index in [0.717, 1.165) is 5.56 Å². The van der Waals surface area contributed by atoms with Gasteiger partial charge in [0.25, 0.3) is 0 Å². The smallest absolute Gasteiger partial charge is 0.320 e. The molecular weight excluding hydrogens is 373 g/mol. The number of benzene rings is 2. The van der Waals surface area contributed by atoms with E-state index in [1.165, 1.54) is 45.8 Å². The van der Waals surface area contributed by atoms with Crippen LogP contribution in [0.15, 0.2) is 76.6 Å². The number of halogens is 1. The van der Waals surface area contributed by atoms with Crippen LogP contribution in [-0.2, 0) is 17.9 Å². The number of carbonyl (C=O) groups excluding carboxylic acids is 1. The van der Waals surface area contributed by atoms with Gasteiger partial charge in [0.2, 0.25) is 5.91 Å². The number of likely N-dealkylation sites (tertiary alicyclic amines) is 1. The summed E-state index contributed by atoms with van der Waals surface area (Å²) in [6.07, 6.45) is 3.38. The molecule has 0 spiro atoms. The normalized spacial score (nSPS) is 16.4. The molecule has 1 unspecified atom stereocenters. The predicted molar refractivity (Wildman–Crippen MR) is 106 cm³/mol. The van der Waals surface area contributed by atoms with Crippen LogP contribution in [0.4, 0.5) is 4.39 Å². The molecule has 0 radical (unpaired) electrons. The van der Waals surface area contributed by atoms with Gasteiger partial charge >= 0.3 is 11.1 Å². The number of hydrogen-bond acceptors (Lipinski definition) is 3. The van der Waals surface area contributed by atoms with E-state index in [9.17, 15) is 18.8 Å². The number of nitrogens with zero attached hydrogens (tertiary/aromatic N) is 3. The van der Waals surface area contributed by atoms with E-state index >= 15 is 0 Å². The zero-order chi connectivity index (χ0) is 20.4. The van der Waals surface area contributed by atoms with Gasteiger partial charge in [0.05, 0.1) is 0 Å². The van der Waals surface area contributed by atoms with Gasteiger partial charge in [0.1, 0.15) is 5.82 Å². The lowest BCUT2D eigenvalue weighted by Crippen LogP contribution is -2.41. The first-order chi connectivity index (χ1) is 14.0. The van der Waals surface area contributed by atoms with Gasteiger partial charge in [-0.3, -0.25) is 19.0 Å². The molecule has 0 saturated carbocycles. The quantitative estimate of drug-likeness (QED) is 0.624. The monoisotopic (exact) mass is 393 g/mol. The van der Waals surface area contributed by atoms with Crippen LogP contribution in [0.2, 0.25) is 0 Å². The van der Waals surface area contributed by atoms with Crippen LogP contribution in [0, 0.1) is 11.7 Å². The van der Waals surface area contributed by atoms with Crippen molar-refractivity contribution in [3.8, 4) is 5.69 Å². The molecule has 1 amide bonds. The lowest BCUT2D eigenvalue weighted by atomic mass is 10.1. The van der Waals surface area contributed by atoms with Gasteiger partial charge in [-0.2, -0.15) is 0 Å². The van der Waals surface area contributed by atoms with Crippen molar-refractivity contribution in [3.05, 3.63) is 99.1 Å². The summed E-state index contributed by atoms with van der Waals surface area (Å²) < 4.78 is 15.6. The maximum absolute atomic E-state index is 13.1. The first-order valence-corrected chi connectivity index (χ1v) is 9.41. The number of hydrogen-bond donors (Lipinski definition) is 0. The molecule has 0 N–H and O–H groups in total. The summed E-state index contributed by atoms with van der Waals surface area (Å²) in [5.41, 5.74) is 0.113. The van der Waals surface area contributed by atoms with Crippen LogP contribution in [-0.4, -0.2) is 26.5 Å². The maximum Gasteiger partial charge on any atom is 0.320 e. The average Bonchev–Trinajstić information content (AvgIpc) is 3.06. The van der Waals surface area contributed by atoms with Gasteiger partial charge in [-0.1, -0.05) is 30.3 Å². The fourth-order valence-corrected chi connectivity index (χ4v) is 3.67. The molecule has 148 valence electrons. The number of rotatable bonds is 5. The van der Waals surface area contributed by atoms with E-state index in [2.05, 4.69) is 0 Å². The Morgan fingerprint density at radius 2 is 1.62 bits per heavy atom. The summed E-state index contributed by atoms with van der Waals surface area (Å²) in [6.45, 7) is 1.38. The average molecular weight is 393 g/mol. The second-order valence-corrected chi connectivity index (χ2v) is 7.24. The highest BCUT2D eigenvalue weighted by atomic mass is 19.1. The minimum atomic E-state index is -0.704. The molecule has 3 aromatic rings. The first-order valence-electron chi connectivity index (χ1n) is 9.41. The van der Waals surface area contributed by atoms with E-state index < -0.39 is 16.9 Å². The van der Waals surface area contributed by atoms with Crippen LogP contribution in [0.25, 0.3) is 5.69 Å². The Balaban J connectivity index is 1.49. The van der Waals surface area contributed by atoms with Crippen molar-refractivity contribution in [2.75, 3.05) is 6.54 Å². The minimum Gasteiger partial charge on any atom is -0.338 e. The van der Waals surface area contributed by atoms with Gasteiger partial charge < -0.3 is 9.47 Å². The summed E-state index contributed by atoms with van der Waals surface area (Å²) in [4.78, 5) is 39.1. The van der Waals surface area contributed by atoms with Crippen molar-refractivity contribution < 1.29 is 9.18 Å². The van der Waals surface area contributed by atoms with Gasteiger partial charge in [-0.15, -0.1) is 0 Å². The fourth-order valence-electron chi connectivity index (χ4n) is 3.67. The second kappa shape index (κ2) is 7.87. The minimum absolute atomic E-state index is 0.0371. The Morgan fingerprint density at radius 1 is 0.897 bits per heavy atom. The molecular formula is C22H20FN3O3. The van der Waals surface area contributed by atoms with Crippen LogP contribution >= 0.6 is 0 Å². The van der Waals surface area contributed by atoms with Crippen molar-refractivity contribution in [1.82, 2.24) is 14.0 Å². The third kappa shape index (κ3) is 4.03. The van der Waals surface area contributed by atoms with E-state index in [1.807, 2.05) is 30.3 Å². The molecule has 0 bridgehead atoms. The zero-order valence-corrected chi connectivity index (χ0v) is 15.7. The third-order valence-corrected chi connectivity index (χ3v) is 5.13. The summed E-state index contributed by atoms with van der Waals surface area (Å²) in [5, 5.41) is 0. The van der Waals surface area contributed by atoms with Crippen molar-refractivity contribution in [2.24, 2.45) is 5.92 Å². The van der Waals surface area contributed by atoms with Crippen molar-refractivity contribution in [2.45, 2.75) is 19.5 Å².